The largest absolute Gasteiger partial charge is 0.370 e. The molecule has 3 N–H and O–H groups in total. The number of pyridine rings is 2. The number of anilines is 4. The number of rotatable bonds is 9. The fourth-order valence-corrected chi connectivity index (χ4v) is 5.02. The average Bonchev–Trinajstić information content (AvgIpc) is 3.60. The summed E-state index contributed by atoms with van der Waals surface area (Å²) >= 11 is 0. The molecule has 0 bridgehead atoms. The first-order valence-electron chi connectivity index (χ1n) is 10.7. The molecule has 3 aromatic rings. The molecule has 35 heavy (non-hydrogen) atoms. The van der Waals surface area contributed by atoms with Gasteiger partial charge in [0.1, 0.15) is 11.6 Å². The Bertz CT molecular complexity index is 1360. The van der Waals surface area contributed by atoms with Crippen LogP contribution in [0.25, 0.3) is 0 Å². The maximum Gasteiger partial charge on any atom is 0.272 e. The van der Waals surface area contributed by atoms with E-state index in [2.05, 4.69) is 36.1 Å². The van der Waals surface area contributed by atoms with Gasteiger partial charge >= 0.3 is 0 Å². The number of aryl methyl sites for hydroxylation is 1. The summed E-state index contributed by atoms with van der Waals surface area (Å²) in [6.45, 7) is 1.91. The molecular weight excluding hydrogens is 463 g/mol. The topological polar surface area (TPSA) is 139 Å². The Balaban J connectivity index is 1.69. The zero-order valence-corrected chi connectivity index (χ0v) is 19.7. The Morgan fingerprint density at radius 1 is 1.06 bits per heavy atom. The molecule has 0 unspecified atom stereocenters. The lowest BCUT2D eigenvalue weighted by molar-refractivity contribution is 0.0947. The zero-order chi connectivity index (χ0) is 25.2. The predicted molar refractivity (Wildman–Crippen MR) is 135 cm³/mol. The van der Waals surface area contributed by atoms with E-state index in [4.69, 9.17) is 23.5 Å². The minimum atomic E-state index is -3.32. The van der Waals surface area contributed by atoms with Crippen molar-refractivity contribution < 1.29 is 13.2 Å². The van der Waals surface area contributed by atoms with Gasteiger partial charge in [0.15, 0.2) is 21.3 Å². The van der Waals surface area contributed by atoms with Crippen LogP contribution in [0.5, 0.6) is 0 Å². The molecule has 4 rings (SSSR count). The van der Waals surface area contributed by atoms with Crippen LogP contribution in [0.2, 0.25) is 0 Å². The van der Waals surface area contributed by atoms with Crippen LogP contribution in [0.1, 0.15) is 34.5 Å². The van der Waals surface area contributed by atoms with Crippen LogP contribution in [0.4, 0.5) is 23.1 Å². The Kier molecular flexibility index (Phi) is 6.84. The van der Waals surface area contributed by atoms with Crippen molar-refractivity contribution >= 4 is 62.4 Å². The molecule has 6 radical (unpaired) electrons. The molecular formula is C21H20B3N7O3S. The maximum atomic E-state index is 12.8. The summed E-state index contributed by atoms with van der Waals surface area (Å²) in [5.41, 5.74) is 1.41. The van der Waals surface area contributed by atoms with E-state index in [1.165, 1.54) is 12.3 Å². The van der Waals surface area contributed by atoms with Crippen molar-refractivity contribution in [2.45, 2.75) is 36.0 Å². The van der Waals surface area contributed by atoms with E-state index in [9.17, 15) is 13.2 Å². The molecule has 172 valence electrons. The van der Waals surface area contributed by atoms with E-state index in [0.29, 0.717) is 24.2 Å². The Morgan fingerprint density at radius 2 is 1.83 bits per heavy atom. The highest BCUT2D eigenvalue weighted by Crippen LogP contribution is 2.32. The molecule has 1 saturated carbocycles. The van der Waals surface area contributed by atoms with Crippen LogP contribution in [-0.4, -0.2) is 68.5 Å². The lowest BCUT2D eigenvalue weighted by Gasteiger charge is -2.22. The van der Waals surface area contributed by atoms with E-state index in [1.54, 1.807) is 24.4 Å². The number of carbonyl (C=O) groups excluding carboxylic acids is 1. The molecule has 1 amide bonds. The Hall–Kier alpha value is -3.41. The average molecular weight is 483 g/mol. The minimum Gasteiger partial charge on any atom is -0.370 e. The number of amides is 1. The highest BCUT2D eigenvalue weighted by Gasteiger charge is 2.36. The molecule has 0 aliphatic heterocycles. The SMILES string of the molecule is [B]C([B])([B])NC(=O)c1nnc(Nc2cc(C)ccn2)cc1Nc1ncccc1CS(=O)(=O)C1CC1. The molecule has 1 aliphatic rings. The van der Waals surface area contributed by atoms with Crippen LogP contribution in [0.3, 0.4) is 0 Å². The van der Waals surface area contributed by atoms with Crippen LogP contribution in [-0.2, 0) is 15.6 Å². The van der Waals surface area contributed by atoms with Gasteiger partial charge in [0.05, 0.1) is 40.2 Å². The first-order chi connectivity index (χ1) is 16.5. The molecule has 0 saturated heterocycles. The van der Waals surface area contributed by atoms with E-state index in [0.717, 1.165) is 5.56 Å². The van der Waals surface area contributed by atoms with Gasteiger partial charge in [-0.2, -0.15) is 0 Å². The first-order valence-corrected chi connectivity index (χ1v) is 12.4. The van der Waals surface area contributed by atoms with Gasteiger partial charge < -0.3 is 16.0 Å². The van der Waals surface area contributed by atoms with Gasteiger partial charge in [0, 0.05) is 24.0 Å². The van der Waals surface area contributed by atoms with Crippen molar-refractivity contribution in [1.82, 2.24) is 25.5 Å². The number of aromatic nitrogens is 4. The summed E-state index contributed by atoms with van der Waals surface area (Å²) < 4.78 is 25.2. The fourth-order valence-electron chi connectivity index (χ4n) is 3.26. The maximum absolute atomic E-state index is 12.8. The van der Waals surface area contributed by atoms with E-state index >= 15 is 0 Å². The van der Waals surface area contributed by atoms with Gasteiger partial charge in [-0.25, -0.2) is 18.4 Å². The number of nitrogens with one attached hydrogen (secondary N) is 3. The number of hydrogen-bond acceptors (Lipinski definition) is 9. The normalized spacial score (nSPS) is 13.7. The van der Waals surface area contributed by atoms with Crippen molar-refractivity contribution in [3.63, 3.8) is 0 Å². The smallest absolute Gasteiger partial charge is 0.272 e. The second kappa shape index (κ2) is 9.69. The highest BCUT2D eigenvalue weighted by atomic mass is 32.2. The first kappa shape index (κ1) is 24.7. The van der Waals surface area contributed by atoms with E-state index in [1.807, 2.05) is 13.0 Å². The predicted octanol–water partition coefficient (Wildman–Crippen LogP) is 0.986. The molecule has 0 aromatic carbocycles. The van der Waals surface area contributed by atoms with Crippen molar-refractivity contribution in [2.24, 2.45) is 0 Å². The van der Waals surface area contributed by atoms with Crippen molar-refractivity contribution in [3.8, 4) is 0 Å². The Morgan fingerprint density at radius 3 is 2.51 bits per heavy atom. The van der Waals surface area contributed by atoms with Gasteiger partial charge in [-0.1, -0.05) is 11.3 Å². The number of hydrogen-bond donors (Lipinski definition) is 3. The molecule has 14 heteroatoms. The lowest BCUT2D eigenvalue weighted by Crippen LogP contribution is -2.50. The van der Waals surface area contributed by atoms with Gasteiger partial charge in [-0.15, -0.1) is 10.2 Å². The summed E-state index contributed by atoms with van der Waals surface area (Å²) in [5.74, 6) is 0.0452. The van der Waals surface area contributed by atoms with Crippen molar-refractivity contribution in [1.29, 1.82) is 0 Å². The third-order valence-corrected chi connectivity index (χ3v) is 7.24. The Labute approximate surface area is 207 Å². The second-order valence-electron chi connectivity index (χ2n) is 8.37. The number of carbonyl (C=O) groups is 1. The van der Waals surface area contributed by atoms with Gasteiger partial charge in [0.2, 0.25) is 0 Å². The van der Waals surface area contributed by atoms with Crippen molar-refractivity contribution in [2.75, 3.05) is 10.6 Å². The third kappa shape index (κ3) is 6.59. The fraction of sp³-hybridized carbons (Fsp3) is 0.286. The van der Waals surface area contributed by atoms with Crippen LogP contribution in [0, 0.1) is 6.92 Å². The summed E-state index contributed by atoms with van der Waals surface area (Å²) in [6, 6.07) is 8.45. The molecule has 1 aliphatic carbocycles. The van der Waals surface area contributed by atoms with Crippen molar-refractivity contribution in [3.05, 3.63) is 59.5 Å². The number of sulfone groups is 1. The number of nitrogens with zero attached hydrogens (tertiary/aromatic N) is 4. The highest BCUT2D eigenvalue weighted by molar-refractivity contribution is 7.91. The van der Waals surface area contributed by atoms with Gasteiger partial charge in [0.25, 0.3) is 5.91 Å². The van der Waals surface area contributed by atoms with Gasteiger partial charge in [-0.3, -0.25) is 4.79 Å². The third-order valence-electron chi connectivity index (χ3n) is 5.04. The lowest BCUT2D eigenvalue weighted by atomic mass is 9.49. The van der Waals surface area contributed by atoms with Crippen LogP contribution < -0.4 is 16.0 Å². The molecule has 10 nitrogen and oxygen atoms in total. The van der Waals surface area contributed by atoms with Crippen LogP contribution >= 0.6 is 0 Å². The molecule has 0 atom stereocenters. The van der Waals surface area contributed by atoms with E-state index in [-0.39, 0.29) is 34.0 Å². The summed E-state index contributed by atoms with van der Waals surface area (Å²) in [6.07, 6.45) is 4.45. The summed E-state index contributed by atoms with van der Waals surface area (Å²) in [4.78, 5) is 21.3. The molecule has 3 heterocycles. The summed E-state index contributed by atoms with van der Waals surface area (Å²) in [5, 5.41) is 13.9. The molecule has 0 spiro atoms. The molecule has 1 fully saturated rings. The van der Waals surface area contributed by atoms with Crippen LogP contribution in [0.15, 0.2) is 42.7 Å². The van der Waals surface area contributed by atoms with Gasteiger partial charge in [-0.05, 0) is 43.5 Å². The minimum absolute atomic E-state index is 0.167. The standard InChI is InChI=1S/C21H20B3N7O3S/c1-12-6-8-25-16(9-12)28-17-10-15(18(31-30-17)20(32)29-21(22,23)24)27-19-13(3-2-7-26-19)11-35(33,34)14-4-5-14/h2-3,6-10,14H,4-5,11H2,1H3,(H,29,32)(H2,25,26,27,28,30). The zero-order valence-electron chi connectivity index (χ0n) is 18.9. The molecule has 3 aromatic heterocycles. The quantitative estimate of drug-likeness (QED) is 0.381. The second-order valence-corrected chi connectivity index (χ2v) is 10.6. The van der Waals surface area contributed by atoms with E-state index < -0.39 is 21.0 Å². The monoisotopic (exact) mass is 483 g/mol. The summed E-state index contributed by atoms with van der Waals surface area (Å²) in [7, 11) is 13.2.